The highest BCUT2D eigenvalue weighted by atomic mass is 16.5. The zero-order valence-electron chi connectivity index (χ0n) is 18.9. The van der Waals surface area contributed by atoms with Gasteiger partial charge in [0.05, 0.1) is 7.11 Å². The van der Waals surface area contributed by atoms with Gasteiger partial charge in [0, 0.05) is 49.5 Å². The van der Waals surface area contributed by atoms with Crippen LogP contribution in [-0.4, -0.2) is 50.0 Å². The summed E-state index contributed by atoms with van der Waals surface area (Å²) in [6, 6.07) is 15.0. The maximum Gasteiger partial charge on any atom is 0.255 e. The molecule has 0 bridgehead atoms. The molecule has 2 fully saturated rings. The number of carbonyl (C=O) groups excluding carboxylic acids is 2. The Kier molecular flexibility index (Phi) is 7.30. The molecule has 0 radical (unpaired) electrons. The van der Waals surface area contributed by atoms with Crippen molar-refractivity contribution in [1.82, 2.24) is 4.90 Å². The summed E-state index contributed by atoms with van der Waals surface area (Å²) in [5.74, 6) is 1.66. The molecule has 170 valence electrons. The Labute approximate surface area is 190 Å². The summed E-state index contributed by atoms with van der Waals surface area (Å²) < 4.78 is 5.13. The lowest BCUT2D eigenvalue weighted by Crippen LogP contribution is -2.48. The smallest absolute Gasteiger partial charge is 0.255 e. The molecule has 1 saturated carbocycles. The van der Waals surface area contributed by atoms with Crippen molar-refractivity contribution in [3.63, 3.8) is 0 Å². The quantitative estimate of drug-likeness (QED) is 0.692. The van der Waals surface area contributed by atoms with Crippen molar-refractivity contribution in [1.29, 1.82) is 0 Å². The molecule has 32 heavy (non-hydrogen) atoms. The van der Waals surface area contributed by atoms with Crippen molar-refractivity contribution in [2.45, 2.75) is 38.5 Å². The maximum atomic E-state index is 12.6. The molecule has 0 unspecified atom stereocenters. The number of hydrogen-bond donors (Lipinski definition) is 1. The van der Waals surface area contributed by atoms with E-state index in [9.17, 15) is 9.59 Å². The number of hydrogen-bond acceptors (Lipinski definition) is 4. The van der Waals surface area contributed by atoms with E-state index in [1.165, 1.54) is 25.7 Å². The van der Waals surface area contributed by atoms with E-state index in [0.717, 1.165) is 55.6 Å². The first-order valence-electron chi connectivity index (χ1n) is 11.7. The van der Waals surface area contributed by atoms with Crippen LogP contribution in [0.2, 0.25) is 0 Å². The number of ether oxygens (including phenoxy) is 1. The van der Waals surface area contributed by atoms with Crippen molar-refractivity contribution in [3.8, 4) is 5.75 Å². The Morgan fingerprint density at radius 3 is 2.22 bits per heavy atom. The average molecular weight is 436 g/mol. The maximum absolute atomic E-state index is 12.6. The number of methoxy groups -OCH3 is 1. The Bertz CT molecular complexity index is 897. The largest absolute Gasteiger partial charge is 0.497 e. The number of anilines is 2. The SMILES string of the molecule is COc1ccc(C(=O)Nc2ccc(N3CCN(C(=O)CCC4CCCC4)CC3)cc2)cc1. The predicted octanol–water partition coefficient (Wildman–Crippen LogP) is 4.57. The van der Waals surface area contributed by atoms with Crippen LogP contribution in [0.3, 0.4) is 0 Å². The molecule has 1 saturated heterocycles. The molecule has 2 amide bonds. The number of piperazine rings is 1. The molecule has 0 aromatic heterocycles. The molecule has 2 aromatic rings. The van der Waals surface area contributed by atoms with Crippen molar-refractivity contribution in [3.05, 3.63) is 54.1 Å². The van der Waals surface area contributed by atoms with E-state index in [-0.39, 0.29) is 5.91 Å². The fourth-order valence-corrected chi connectivity index (χ4v) is 4.70. The van der Waals surface area contributed by atoms with Gasteiger partial charge in [-0.2, -0.15) is 0 Å². The summed E-state index contributed by atoms with van der Waals surface area (Å²) >= 11 is 0. The molecule has 0 atom stereocenters. The topological polar surface area (TPSA) is 61.9 Å². The van der Waals surface area contributed by atoms with E-state index < -0.39 is 0 Å². The second-order valence-corrected chi connectivity index (χ2v) is 8.79. The van der Waals surface area contributed by atoms with E-state index in [2.05, 4.69) is 10.2 Å². The summed E-state index contributed by atoms with van der Waals surface area (Å²) in [7, 11) is 1.60. The molecular formula is C26H33N3O3. The standard InChI is InChI=1S/C26H33N3O3/c1-32-24-13-7-21(8-14-24)26(31)27-22-9-11-23(12-10-22)28-16-18-29(19-17-28)25(30)15-6-20-4-2-3-5-20/h7-14,20H,2-6,15-19H2,1H3,(H,27,31). The Balaban J connectivity index is 1.24. The number of nitrogens with zero attached hydrogens (tertiary/aromatic N) is 2. The van der Waals surface area contributed by atoms with Crippen LogP contribution >= 0.6 is 0 Å². The van der Waals surface area contributed by atoms with Crippen LogP contribution in [0.15, 0.2) is 48.5 Å². The summed E-state index contributed by atoms with van der Waals surface area (Å²) in [4.78, 5) is 29.3. The van der Waals surface area contributed by atoms with E-state index in [1.807, 2.05) is 29.2 Å². The fourth-order valence-electron chi connectivity index (χ4n) is 4.70. The van der Waals surface area contributed by atoms with E-state index in [4.69, 9.17) is 4.74 Å². The van der Waals surface area contributed by atoms with Gasteiger partial charge in [0.1, 0.15) is 5.75 Å². The average Bonchev–Trinajstić information content (AvgIpc) is 3.37. The molecule has 6 nitrogen and oxygen atoms in total. The predicted molar refractivity (Wildman–Crippen MR) is 127 cm³/mol. The van der Waals surface area contributed by atoms with Gasteiger partial charge in [-0.1, -0.05) is 25.7 Å². The second-order valence-electron chi connectivity index (χ2n) is 8.79. The van der Waals surface area contributed by atoms with Crippen molar-refractivity contribution < 1.29 is 14.3 Å². The van der Waals surface area contributed by atoms with Crippen LogP contribution in [0, 0.1) is 5.92 Å². The van der Waals surface area contributed by atoms with Crippen LogP contribution < -0.4 is 15.0 Å². The molecule has 1 aliphatic heterocycles. The normalized spacial score (nSPS) is 16.8. The van der Waals surface area contributed by atoms with Gasteiger partial charge >= 0.3 is 0 Å². The highest BCUT2D eigenvalue weighted by Crippen LogP contribution is 2.29. The summed E-state index contributed by atoms with van der Waals surface area (Å²) in [5, 5.41) is 2.93. The molecule has 1 aliphatic carbocycles. The number of carbonyl (C=O) groups is 2. The molecule has 2 aliphatic rings. The number of benzene rings is 2. The second kappa shape index (κ2) is 10.5. The Morgan fingerprint density at radius 2 is 1.59 bits per heavy atom. The van der Waals surface area contributed by atoms with Crippen LogP contribution in [0.5, 0.6) is 5.75 Å². The lowest BCUT2D eigenvalue weighted by molar-refractivity contribution is -0.131. The lowest BCUT2D eigenvalue weighted by atomic mass is 10.0. The highest BCUT2D eigenvalue weighted by Gasteiger charge is 2.23. The third-order valence-electron chi connectivity index (χ3n) is 6.72. The molecular weight excluding hydrogens is 402 g/mol. The Hall–Kier alpha value is -3.02. The van der Waals surface area contributed by atoms with E-state index in [0.29, 0.717) is 17.9 Å². The number of amides is 2. The molecule has 0 spiro atoms. The Morgan fingerprint density at radius 1 is 0.938 bits per heavy atom. The number of rotatable bonds is 7. The fraction of sp³-hybridized carbons (Fsp3) is 0.462. The first-order valence-corrected chi connectivity index (χ1v) is 11.7. The third-order valence-corrected chi connectivity index (χ3v) is 6.72. The molecule has 1 heterocycles. The first-order chi connectivity index (χ1) is 15.6. The van der Waals surface area contributed by atoms with E-state index >= 15 is 0 Å². The van der Waals surface area contributed by atoms with Gasteiger partial charge in [0.15, 0.2) is 0 Å². The van der Waals surface area contributed by atoms with Crippen LogP contribution in [0.25, 0.3) is 0 Å². The molecule has 4 rings (SSSR count). The van der Waals surface area contributed by atoms with Crippen molar-refractivity contribution in [2.75, 3.05) is 43.5 Å². The van der Waals surface area contributed by atoms with Crippen LogP contribution in [0.1, 0.15) is 48.9 Å². The molecule has 2 aromatic carbocycles. The van der Waals surface area contributed by atoms with Gasteiger partial charge in [0.25, 0.3) is 5.91 Å². The van der Waals surface area contributed by atoms with Crippen molar-refractivity contribution >= 4 is 23.2 Å². The van der Waals surface area contributed by atoms with Crippen LogP contribution in [0.4, 0.5) is 11.4 Å². The minimum Gasteiger partial charge on any atom is -0.497 e. The zero-order chi connectivity index (χ0) is 22.3. The van der Waals surface area contributed by atoms with Gasteiger partial charge < -0.3 is 19.9 Å². The first kappa shape index (κ1) is 22.2. The zero-order valence-corrected chi connectivity index (χ0v) is 18.9. The third kappa shape index (κ3) is 5.61. The summed E-state index contributed by atoms with van der Waals surface area (Å²) in [6.07, 6.45) is 7.04. The van der Waals surface area contributed by atoms with Crippen LogP contribution in [-0.2, 0) is 4.79 Å². The van der Waals surface area contributed by atoms with Gasteiger partial charge in [-0.05, 0) is 60.9 Å². The van der Waals surface area contributed by atoms with Gasteiger partial charge in [0.2, 0.25) is 5.91 Å². The minimum atomic E-state index is -0.148. The van der Waals surface area contributed by atoms with Gasteiger partial charge in [-0.25, -0.2) is 0 Å². The van der Waals surface area contributed by atoms with Gasteiger partial charge in [-0.15, -0.1) is 0 Å². The minimum absolute atomic E-state index is 0.148. The van der Waals surface area contributed by atoms with E-state index in [1.54, 1.807) is 31.4 Å². The van der Waals surface area contributed by atoms with Gasteiger partial charge in [-0.3, -0.25) is 9.59 Å². The molecule has 1 N–H and O–H groups in total. The number of nitrogens with one attached hydrogen (secondary N) is 1. The highest BCUT2D eigenvalue weighted by molar-refractivity contribution is 6.04. The molecule has 6 heteroatoms. The lowest BCUT2D eigenvalue weighted by Gasteiger charge is -2.36. The summed E-state index contributed by atoms with van der Waals surface area (Å²) in [6.45, 7) is 3.23. The van der Waals surface area contributed by atoms with Crippen molar-refractivity contribution in [2.24, 2.45) is 5.92 Å². The monoisotopic (exact) mass is 435 g/mol. The summed E-state index contributed by atoms with van der Waals surface area (Å²) in [5.41, 5.74) is 2.46.